The Labute approximate surface area is 175 Å². The number of halogens is 3. The van der Waals surface area contributed by atoms with E-state index in [1.807, 2.05) is 0 Å². The zero-order chi connectivity index (χ0) is 21.8. The minimum absolute atomic E-state index is 0.114. The highest BCUT2D eigenvalue weighted by Crippen LogP contribution is 2.35. The number of hydrogen-bond donors (Lipinski definition) is 0. The van der Waals surface area contributed by atoms with E-state index in [-0.39, 0.29) is 24.3 Å². The van der Waals surface area contributed by atoms with Crippen molar-refractivity contribution in [3.05, 3.63) is 53.0 Å². The van der Waals surface area contributed by atoms with Crippen molar-refractivity contribution in [2.45, 2.75) is 31.9 Å². The number of fused-ring (bicyclic) bond motifs is 2. The van der Waals surface area contributed by atoms with Crippen molar-refractivity contribution < 1.29 is 27.4 Å². The van der Waals surface area contributed by atoms with Gasteiger partial charge in [0, 0.05) is 36.3 Å². The molecule has 31 heavy (non-hydrogen) atoms. The van der Waals surface area contributed by atoms with Gasteiger partial charge >= 0.3 is 6.18 Å². The topological polar surface area (TPSA) is 69.0 Å². The lowest BCUT2D eigenvalue weighted by atomic mass is 9.93. The van der Waals surface area contributed by atoms with Gasteiger partial charge in [-0.2, -0.15) is 18.3 Å². The molecule has 7 nitrogen and oxygen atoms in total. The van der Waals surface area contributed by atoms with Crippen LogP contribution in [-0.4, -0.2) is 45.3 Å². The first-order chi connectivity index (χ1) is 14.8. The highest BCUT2D eigenvalue weighted by molar-refractivity contribution is 5.95. The lowest BCUT2D eigenvalue weighted by Crippen LogP contribution is -2.39. The second-order valence-corrected chi connectivity index (χ2v) is 7.78. The molecule has 162 valence electrons. The molecule has 0 saturated carbocycles. The van der Waals surface area contributed by atoms with Crippen LogP contribution in [0.15, 0.2) is 30.3 Å². The Morgan fingerprint density at radius 3 is 2.77 bits per heavy atom. The summed E-state index contributed by atoms with van der Waals surface area (Å²) < 4.78 is 52.3. The highest BCUT2D eigenvalue weighted by Gasteiger charge is 2.36. The second kappa shape index (κ2) is 7.14. The monoisotopic (exact) mass is 432 g/mol. The van der Waals surface area contributed by atoms with Crippen LogP contribution in [0.5, 0.6) is 11.5 Å². The number of carbonyl (C=O) groups is 1. The van der Waals surface area contributed by atoms with Crippen molar-refractivity contribution in [3.63, 3.8) is 0 Å². The Bertz CT molecular complexity index is 1170. The fourth-order valence-corrected chi connectivity index (χ4v) is 4.13. The predicted octanol–water partition coefficient (Wildman–Crippen LogP) is 3.81. The molecule has 1 atom stereocenters. The highest BCUT2D eigenvalue weighted by atomic mass is 19.4. The number of likely N-dealkylation sites (tertiary alicyclic amines) is 1. The first-order valence-electron chi connectivity index (χ1n) is 9.93. The lowest BCUT2D eigenvalue weighted by Gasteiger charge is -2.33. The first-order valence-corrected chi connectivity index (χ1v) is 9.93. The predicted molar refractivity (Wildman–Crippen MR) is 103 cm³/mol. The summed E-state index contributed by atoms with van der Waals surface area (Å²) in [5.41, 5.74) is 0.526. The van der Waals surface area contributed by atoms with Gasteiger partial charge in [-0.1, -0.05) is 0 Å². The van der Waals surface area contributed by atoms with Crippen molar-refractivity contribution in [2.24, 2.45) is 0 Å². The van der Waals surface area contributed by atoms with Crippen LogP contribution in [0.1, 0.15) is 46.2 Å². The number of aryl methyl sites for hydroxylation is 1. The first kappa shape index (κ1) is 19.7. The maximum atomic E-state index is 13.6. The van der Waals surface area contributed by atoms with Gasteiger partial charge in [0.15, 0.2) is 17.1 Å². The van der Waals surface area contributed by atoms with Gasteiger partial charge in [-0.05, 0) is 44.0 Å². The Hall–Kier alpha value is -3.30. The average Bonchev–Trinajstić information content (AvgIpc) is 3.36. The van der Waals surface area contributed by atoms with Crippen LogP contribution >= 0.6 is 0 Å². The molecule has 10 heteroatoms. The van der Waals surface area contributed by atoms with Crippen LogP contribution in [0.25, 0.3) is 5.65 Å². The van der Waals surface area contributed by atoms with E-state index in [1.165, 1.54) is 6.07 Å². The van der Waals surface area contributed by atoms with Crippen LogP contribution < -0.4 is 9.47 Å². The molecule has 0 spiro atoms. The average molecular weight is 432 g/mol. The lowest BCUT2D eigenvalue weighted by molar-refractivity contribution is -0.142. The molecule has 1 saturated heterocycles. The summed E-state index contributed by atoms with van der Waals surface area (Å²) in [5.74, 6) is 0.604. The van der Waals surface area contributed by atoms with E-state index in [1.54, 1.807) is 30.0 Å². The van der Waals surface area contributed by atoms with Crippen molar-refractivity contribution in [2.75, 3.05) is 19.9 Å². The molecular formula is C21H19F3N4O3. The molecular weight excluding hydrogens is 413 g/mol. The number of ether oxygens (including phenoxy) is 2. The van der Waals surface area contributed by atoms with Crippen LogP contribution in [0, 0.1) is 6.92 Å². The second-order valence-electron chi connectivity index (χ2n) is 7.78. The number of benzene rings is 1. The molecule has 1 aromatic carbocycles. The zero-order valence-corrected chi connectivity index (χ0v) is 16.6. The number of piperidine rings is 1. The van der Waals surface area contributed by atoms with E-state index in [9.17, 15) is 18.0 Å². The molecule has 5 rings (SSSR count). The van der Waals surface area contributed by atoms with Gasteiger partial charge < -0.3 is 14.4 Å². The number of amides is 1. The van der Waals surface area contributed by atoms with E-state index in [2.05, 4.69) is 10.1 Å². The molecule has 0 unspecified atom stereocenters. The SMILES string of the molecule is Cc1cc2nc([C@H]3CCCN(C(=O)c4ccc5c(c4)OCO5)C3)cc(C(F)(F)F)n2n1. The maximum absolute atomic E-state index is 13.6. The van der Waals surface area contributed by atoms with Gasteiger partial charge in [0.25, 0.3) is 5.91 Å². The van der Waals surface area contributed by atoms with Gasteiger partial charge in [0.2, 0.25) is 6.79 Å². The molecule has 0 N–H and O–H groups in total. The summed E-state index contributed by atoms with van der Waals surface area (Å²) in [5, 5.41) is 3.92. The zero-order valence-electron chi connectivity index (χ0n) is 16.6. The number of aromatic nitrogens is 3. The minimum Gasteiger partial charge on any atom is -0.454 e. The number of rotatable bonds is 2. The summed E-state index contributed by atoms with van der Waals surface area (Å²) in [7, 11) is 0. The van der Waals surface area contributed by atoms with Crippen molar-refractivity contribution in [1.29, 1.82) is 0 Å². The molecule has 0 bridgehead atoms. The molecule has 3 aromatic rings. The molecule has 1 amide bonds. The van der Waals surface area contributed by atoms with Crippen molar-refractivity contribution >= 4 is 11.6 Å². The molecule has 0 radical (unpaired) electrons. The Morgan fingerprint density at radius 2 is 1.97 bits per heavy atom. The number of carbonyl (C=O) groups excluding carboxylic acids is 1. The van der Waals surface area contributed by atoms with Crippen LogP contribution in [-0.2, 0) is 6.18 Å². The third-order valence-electron chi connectivity index (χ3n) is 5.61. The normalized spacial score (nSPS) is 18.6. The summed E-state index contributed by atoms with van der Waals surface area (Å²) >= 11 is 0. The van der Waals surface area contributed by atoms with Gasteiger partial charge in [0.1, 0.15) is 5.69 Å². The third-order valence-corrected chi connectivity index (χ3v) is 5.61. The van der Waals surface area contributed by atoms with Gasteiger partial charge in [-0.15, -0.1) is 0 Å². The van der Waals surface area contributed by atoms with E-state index in [0.717, 1.165) is 10.6 Å². The standard InChI is InChI=1S/C21H19F3N4O3/c1-12-7-19-25-15(9-18(21(22,23)24)28(19)26-12)14-3-2-6-27(10-14)20(29)13-4-5-16-17(8-13)31-11-30-16/h4-5,7-9,14H,2-3,6,10-11H2,1H3/t14-/m0/s1. The summed E-state index contributed by atoms with van der Waals surface area (Å²) in [4.78, 5) is 19.1. The van der Waals surface area contributed by atoms with E-state index in [4.69, 9.17) is 9.47 Å². The number of nitrogens with zero attached hydrogens (tertiary/aromatic N) is 4. The molecule has 0 aliphatic carbocycles. The summed E-state index contributed by atoms with van der Waals surface area (Å²) in [6.07, 6.45) is -3.24. The van der Waals surface area contributed by atoms with Crippen LogP contribution in [0.3, 0.4) is 0 Å². The Balaban J connectivity index is 1.44. The molecule has 4 heterocycles. The molecule has 2 aliphatic rings. The van der Waals surface area contributed by atoms with E-state index >= 15 is 0 Å². The Morgan fingerprint density at radius 1 is 1.16 bits per heavy atom. The van der Waals surface area contributed by atoms with Gasteiger partial charge in [-0.3, -0.25) is 4.79 Å². The fraction of sp³-hybridized carbons (Fsp3) is 0.381. The van der Waals surface area contributed by atoms with Crippen LogP contribution in [0.2, 0.25) is 0 Å². The summed E-state index contributed by atoms with van der Waals surface area (Å²) in [6.45, 7) is 2.56. The molecule has 2 aromatic heterocycles. The fourth-order valence-electron chi connectivity index (χ4n) is 4.13. The molecule has 1 fully saturated rings. The summed E-state index contributed by atoms with van der Waals surface area (Å²) in [6, 6.07) is 7.57. The van der Waals surface area contributed by atoms with Crippen molar-refractivity contribution in [3.8, 4) is 11.5 Å². The number of alkyl halides is 3. The van der Waals surface area contributed by atoms with E-state index < -0.39 is 11.9 Å². The van der Waals surface area contributed by atoms with Crippen molar-refractivity contribution in [1.82, 2.24) is 19.5 Å². The van der Waals surface area contributed by atoms with Gasteiger partial charge in [-0.25, -0.2) is 9.50 Å². The van der Waals surface area contributed by atoms with E-state index in [0.29, 0.717) is 54.4 Å². The maximum Gasteiger partial charge on any atom is 0.433 e. The Kier molecular flexibility index (Phi) is 4.53. The van der Waals surface area contributed by atoms with Gasteiger partial charge in [0.05, 0.1) is 5.69 Å². The smallest absolute Gasteiger partial charge is 0.433 e. The largest absolute Gasteiger partial charge is 0.454 e. The van der Waals surface area contributed by atoms with Crippen LogP contribution in [0.4, 0.5) is 13.2 Å². The number of hydrogen-bond acceptors (Lipinski definition) is 5. The minimum atomic E-state index is -4.56. The molecule has 2 aliphatic heterocycles. The third kappa shape index (κ3) is 3.55. The quantitative estimate of drug-likeness (QED) is 0.616.